The number of rotatable bonds is 36. The summed E-state index contributed by atoms with van der Waals surface area (Å²) in [4.78, 5) is 170. The molecule has 0 unspecified atom stereocenters. The topological polar surface area (TPSA) is 509 Å². The number of carboxylic acid groups (broad SMARTS) is 2. The monoisotopic (exact) mass is 1120 g/mol. The number of aliphatic carboxylic acids is 2. The number of amides is 11. The maximum absolute atomic E-state index is 13.9. The van der Waals surface area contributed by atoms with Gasteiger partial charge in [0.2, 0.25) is 65.0 Å². The van der Waals surface area contributed by atoms with Crippen molar-refractivity contribution in [1.82, 2.24) is 47.9 Å². The summed E-state index contributed by atoms with van der Waals surface area (Å²) in [5.41, 5.74) is 17.3. The number of carboxylic acids is 2. The van der Waals surface area contributed by atoms with Crippen LogP contribution in [0.4, 0.5) is 0 Å². The maximum atomic E-state index is 13.9. The summed E-state index contributed by atoms with van der Waals surface area (Å²) in [5.74, 6) is -17.5. The zero-order chi connectivity index (χ0) is 60.4. The van der Waals surface area contributed by atoms with Gasteiger partial charge in [0.15, 0.2) is 0 Å². The molecule has 30 nitrogen and oxygen atoms in total. The summed E-state index contributed by atoms with van der Waals surface area (Å²) in [5, 5.41) is 70.0. The number of primary amides is 2. The molecule has 30 heteroatoms. The Labute approximate surface area is 455 Å². The van der Waals surface area contributed by atoms with Gasteiger partial charge in [-0.25, -0.2) is 4.79 Å². The molecular weight excluding hydrogens is 1040 g/mol. The first-order chi connectivity index (χ1) is 36.9. The van der Waals surface area contributed by atoms with Gasteiger partial charge in [-0.3, -0.25) is 57.5 Å². The average molecular weight is 1120 g/mol. The van der Waals surface area contributed by atoms with Crippen molar-refractivity contribution in [2.45, 2.75) is 160 Å². The minimum Gasteiger partial charge on any atom is -0.481 e. The Balaban J connectivity index is 3.34. The van der Waals surface area contributed by atoms with Crippen LogP contribution in [-0.2, 0) is 68.7 Å². The molecule has 0 heterocycles. The molecule has 0 bridgehead atoms. The molecule has 0 aliphatic carbocycles. The minimum atomic E-state index is -2.09. The van der Waals surface area contributed by atoms with Gasteiger partial charge in [-0.2, -0.15) is 0 Å². The highest BCUT2D eigenvalue weighted by Gasteiger charge is 2.38. The van der Waals surface area contributed by atoms with E-state index in [1.807, 2.05) is 10.6 Å². The third-order valence-electron chi connectivity index (χ3n) is 12.3. The van der Waals surface area contributed by atoms with Gasteiger partial charge in [-0.15, -0.1) is 0 Å². The summed E-state index contributed by atoms with van der Waals surface area (Å²) in [6.07, 6.45) is -4.32. The van der Waals surface area contributed by atoms with E-state index >= 15 is 0 Å². The number of nitrogens with two attached hydrogens (primary N) is 3. The van der Waals surface area contributed by atoms with Crippen molar-refractivity contribution in [2.75, 3.05) is 13.2 Å². The van der Waals surface area contributed by atoms with Crippen LogP contribution in [0.1, 0.15) is 92.6 Å². The highest BCUT2D eigenvalue weighted by Crippen LogP contribution is 2.14. The number of carbonyl (C=O) groups is 13. The van der Waals surface area contributed by atoms with Crippen LogP contribution < -0.4 is 65.1 Å². The lowest BCUT2D eigenvalue weighted by atomic mass is 9.95. The van der Waals surface area contributed by atoms with Gasteiger partial charge >= 0.3 is 11.9 Å². The van der Waals surface area contributed by atoms with E-state index in [9.17, 15) is 87.9 Å². The average Bonchev–Trinajstić information content (AvgIpc) is 3.37. The highest BCUT2D eigenvalue weighted by atomic mass is 16.4. The van der Waals surface area contributed by atoms with E-state index in [-0.39, 0.29) is 25.2 Å². The smallest absolute Gasteiger partial charge is 0.326 e. The van der Waals surface area contributed by atoms with Crippen LogP contribution in [-0.4, -0.2) is 182 Å². The molecule has 20 N–H and O–H groups in total. The summed E-state index contributed by atoms with van der Waals surface area (Å²) in [6, 6.07) is -8.65. The van der Waals surface area contributed by atoms with Crippen LogP contribution >= 0.6 is 0 Å². The molecule has 0 aliphatic rings. The molecule has 1 aromatic rings. The van der Waals surface area contributed by atoms with E-state index in [0.717, 1.165) is 6.92 Å². The number of nitrogens with one attached hydrogen (secondary N) is 9. The summed E-state index contributed by atoms with van der Waals surface area (Å²) in [7, 11) is 0. The van der Waals surface area contributed by atoms with Crippen molar-refractivity contribution in [3.63, 3.8) is 0 Å². The van der Waals surface area contributed by atoms with Gasteiger partial charge in [0.05, 0.1) is 44.6 Å². The predicted molar refractivity (Wildman–Crippen MR) is 277 cm³/mol. The second-order valence-corrected chi connectivity index (χ2v) is 19.4. The van der Waals surface area contributed by atoms with Gasteiger partial charge < -0.3 is 90.6 Å². The third kappa shape index (κ3) is 24.2. The third-order valence-corrected chi connectivity index (χ3v) is 12.3. The lowest BCUT2D eigenvalue weighted by Crippen LogP contribution is -2.63. The molecule has 1 aromatic carbocycles. The molecule has 0 saturated heterocycles. The Morgan fingerprint density at radius 2 is 0.823 bits per heavy atom. The first-order valence-electron chi connectivity index (χ1n) is 25.3. The Morgan fingerprint density at radius 3 is 1.25 bits per heavy atom. The molecule has 0 fully saturated rings. The zero-order valence-corrected chi connectivity index (χ0v) is 45.1. The quantitative estimate of drug-likeness (QED) is 0.0297. The fraction of sp³-hybridized carbons (Fsp3) is 0.612. The standard InChI is InChI=1S/C49H78N12O18/c1-8-23(5)37(47(76)55-28(15-22(3)4)43(72)60-38(49(78)79)24(6)9-2)59-44(73)31(19-36(67)68)54-41(70)30(18-35(52)66)56-48(77)39(25(7)64)61-46(75)33(21-63)58-42(71)29(17-34(51)65)53-45(74)32(20-62)57-40(69)27(50)16-26-13-11-10-12-14-26/h10-14,22-25,27-33,37-39,62-64H,8-9,15-21,50H2,1-7H3,(H2,51,65)(H2,52,66)(H,53,74)(H,54,70)(H,55,76)(H,56,77)(H,57,69)(H,58,71)(H,59,73)(H,60,72)(H,61,75)(H,67,68)(H,78,79)/t23-,24-,25+,27-,28-,29-,30-,31-,32-,33-,37-,38-,39-/m0/s1. The van der Waals surface area contributed by atoms with Gasteiger partial charge in [0.1, 0.15) is 54.4 Å². The molecular formula is C49H78N12O18. The Hall–Kier alpha value is -7.83. The normalized spacial score (nSPS) is 16.1. The number of hydrogen-bond donors (Lipinski definition) is 17. The van der Waals surface area contributed by atoms with Crippen LogP contribution in [0, 0.1) is 17.8 Å². The molecule has 0 aromatic heterocycles. The van der Waals surface area contributed by atoms with Gasteiger partial charge in [-0.05, 0) is 43.1 Å². The Bertz CT molecular complexity index is 2310. The Morgan fingerprint density at radius 1 is 0.468 bits per heavy atom. The van der Waals surface area contributed by atoms with Crippen molar-refractivity contribution >= 4 is 76.9 Å². The fourth-order valence-electron chi connectivity index (χ4n) is 7.43. The number of hydrogen-bond acceptors (Lipinski definition) is 17. The predicted octanol–water partition coefficient (Wildman–Crippen LogP) is -6.27. The molecule has 1 rings (SSSR count). The van der Waals surface area contributed by atoms with Crippen LogP contribution in [0.25, 0.3) is 0 Å². The summed E-state index contributed by atoms with van der Waals surface area (Å²) >= 11 is 0. The molecule has 0 aliphatic heterocycles. The SMILES string of the molecule is CC[C@H](C)[C@H](NC(=O)[C@H](CC(C)C)NC(=O)[C@@H](NC(=O)[C@H](CC(=O)O)NC(=O)[C@H](CC(N)=O)NC(=O)[C@@H](NC(=O)[C@H](CO)NC(=O)[C@H](CC(N)=O)NC(=O)[C@H](CO)NC(=O)[C@@H](N)Cc1ccccc1)[C@@H](C)O)[C@@H](C)CC)C(=O)O. The van der Waals surface area contributed by atoms with Crippen LogP contribution in [0.2, 0.25) is 0 Å². The lowest BCUT2D eigenvalue weighted by Gasteiger charge is -2.30. The van der Waals surface area contributed by atoms with E-state index in [4.69, 9.17) is 17.2 Å². The fourth-order valence-corrected chi connectivity index (χ4v) is 7.43. The molecule has 79 heavy (non-hydrogen) atoms. The van der Waals surface area contributed by atoms with E-state index in [2.05, 4.69) is 37.2 Å². The van der Waals surface area contributed by atoms with Crippen molar-refractivity contribution in [2.24, 2.45) is 35.0 Å². The van der Waals surface area contributed by atoms with Crippen LogP contribution in [0.5, 0.6) is 0 Å². The number of aliphatic hydroxyl groups excluding tert-OH is 3. The number of benzene rings is 1. The second-order valence-electron chi connectivity index (χ2n) is 19.4. The van der Waals surface area contributed by atoms with Crippen molar-refractivity contribution < 1.29 is 87.9 Å². The lowest BCUT2D eigenvalue weighted by molar-refractivity contribution is -0.144. The maximum Gasteiger partial charge on any atom is 0.326 e. The van der Waals surface area contributed by atoms with Crippen LogP contribution in [0.3, 0.4) is 0 Å². The van der Waals surface area contributed by atoms with Crippen LogP contribution in [0.15, 0.2) is 30.3 Å². The van der Waals surface area contributed by atoms with Crippen molar-refractivity contribution in [3.8, 4) is 0 Å². The van der Waals surface area contributed by atoms with E-state index < -0.39 is 188 Å². The second kappa shape index (κ2) is 34.1. The number of aliphatic hydroxyl groups is 3. The minimum absolute atomic E-state index is 0.0265. The van der Waals surface area contributed by atoms with Crippen molar-refractivity contribution in [3.05, 3.63) is 35.9 Å². The molecule has 0 radical (unpaired) electrons. The molecule has 442 valence electrons. The first-order valence-corrected chi connectivity index (χ1v) is 25.3. The molecule has 0 spiro atoms. The van der Waals surface area contributed by atoms with E-state index in [1.165, 1.54) is 6.92 Å². The summed E-state index contributed by atoms with van der Waals surface area (Å²) in [6.45, 7) is 8.70. The molecule has 11 amide bonds. The summed E-state index contributed by atoms with van der Waals surface area (Å²) < 4.78 is 0. The number of carbonyl (C=O) groups excluding carboxylic acids is 11. The van der Waals surface area contributed by atoms with Gasteiger partial charge in [0.25, 0.3) is 0 Å². The van der Waals surface area contributed by atoms with Gasteiger partial charge in [-0.1, -0.05) is 84.7 Å². The largest absolute Gasteiger partial charge is 0.481 e. The highest BCUT2D eigenvalue weighted by molar-refractivity contribution is 6.00. The van der Waals surface area contributed by atoms with Crippen molar-refractivity contribution in [1.29, 1.82) is 0 Å². The first kappa shape index (κ1) is 69.2. The zero-order valence-electron chi connectivity index (χ0n) is 45.1. The van der Waals surface area contributed by atoms with E-state index in [0.29, 0.717) is 12.0 Å². The van der Waals surface area contributed by atoms with E-state index in [1.54, 1.807) is 65.0 Å². The molecule has 13 atom stereocenters. The Kier molecular flexibility index (Phi) is 29.9. The molecule has 0 saturated carbocycles. The van der Waals surface area contributed by atoms with Gasteiger partial charge in [0, 0.05) is 0 Å².